The molecule has 4 heteroatoms. The highest BCUT2D eigenvalue weighted by molar-refractivity contribution is 5.85. The van der Waals surface area contributed by atoms with E-state index >= 15 is 0 Å². The second kappa shape index (κ2) is 2.80. The van der Waals surface area contributed by atoms with Gasteiger partial charge in [0, 0.05) is 12.5 Å². The third-order valence-corrected chi connectivity index (χ3v) is 1.31. The maximum absolute atomic E-state index is 12.1. The van der Waals surface area contributed by atoms with Crippen LogP contribution in [0.1, 0.15) is 13.3 Å². The molecule has 1 N–H and O–H groups in total. The van der Waals surface area contributed by atoms with E-state index in [1.165, 1.54) is 0 Å². The molecule has 0 aromatic rings. The molecule has 56 valence electrons. The molecule has 0 bridgehead atoms. The van der Waals surface area contributed by atoms with Crippen LogP contribution in [-0.4, -0.2) is 18.5 Å². The molecular formula is C5H10ClF2N. The number of halogens is 3. The maximum atomic E-state index is 12.1. The van der Waals surface area contributed by atoms with E-state index in [-0.39, 0.29) is 31.4 Å². The molecule has 0 amide bonds. The van der Waals surface area contributed by atoms with Crippen molar-refractivity contribution in [2.45, 2.75) is 25.3 Å². The van der Waals surface area contributed by atoms with Gasteiger partial charge in [-0.05, 0) is 6.92 Å². The van der Waals surface area contributed by atoms with E-state index in [2.05, 4.69) is 5.32 Å². The molecule has 0 aliphatic carbocycles. The SMILES string of the molecule is CC1CC(F)(F)CN1.Cl. The summed E-state index contributed by atoms with van der Waals surface area (Å²) in [4.78, 5) is 0. The lowest BCUT2D eigenvalue weighted by molar-refractivity contribution is 0.0216. The molecule has 1 heterocycles. The van der Waals surface area contributed by atoms with Gasteiger partial charge in [-0.25, -0.2) is 8.78 Å². The highest BCUT2D eigenvalue weighted by atomic mass is 35.5. The molecule has 1 saturated heterocycles. The Morgan fingerprint density at radius 1 is 1.56 bits per heavy atom. The zero-order valence-corrected chi connectivity index (χ0v) is 5.97. The number of rotatable bonds is 0. The molecular weight excluding hydrogens is 148 g/mol. The fourth-order valence-electron chi connectivity index (χ4n) is 0.916. The average Bonchev–Trinajstić information content (AvgIpc) is 1.82. The van der Waals surface area contributed by atoms with Crippen molar-refractivity contribution in [2.24, 2.45) is 0 Å². The minimum atomic E-state index is -2.45. The molecule has 1 nitrogen and oxygen atoms in total. The van der Waals surface area contributed by atoms with Crippen LogP contribution in [-0.2, 0) is 0 Å². The van der Waals surface area contributed by atoms with Gasteiger partial charge in [0.15, 0.2) is 0 Å². The van der Waals surface area contributed by atoms with Gasteiger partial charge in [-0.2, -0.15) is 0 Å². The first-order valence-electron chi connectivity index (χ1n) is 2.71. The van der Waals surface area contributed by atoms with Gasteiger partial charge in [0.25, 0.3) is 5.92 Å². The molecule has 1 rings (SSSR count). The molecule has 1 atom stereocenters. The van der Waals surface area contributed by atoms with E-state index < -0.39 is 5.92 Å². The van der Waals surface area contributed by atoms with Gasteiger partial charge in [-0.1, -0.05) is 0 Å². The summed E-state index contributed by atoms with van der Waals surface area (Å²) in [5, 5.41) is 2.66. The number of nitrogens with one attached hydrogen (secondary N) is 1. The normalized spacial score (nSPS) is 31.7. The largest absolute Gasteiger partial charge is 0.308 e. The Morgan fingerprint density at radius 3 is 2.22 bits per heavy atom. The minimum Gasteiger partial charge on any atom is -0.308 e. The van der Waals surface area contributed by atoms with Crippen LogP contribution in [0, 0.1) is 0 Å². The lowest BCUT2D eigenvalue weighted by Crippen LogP contribution is -2.20. The summed E-state index contributed by atoms with van der Waals surface area (Å²) in [5.41, 5.74) is 0. The maximum Gasteiger partial charge on any atom is 0.261 e. The monoisotopic (exact) mass is 157 g/mol. The van der Waals surface area contributed by atoms with Crippen LogP contribution in [0.2, 0.25) is 0 Å². The summed E-state index contributed by atoms with van der Waals surface area (Å²) >= 11 is 0. The molecule has 0 aromatic heterocycles. The first-order valence-corrected chi connectivity index (χ1v) is 2.71. The van der Waals surface area contributed by atoms with Crippen LogP contribution in [0.15, 0.2) is 0 Å². The van der Waals surface area contributed by atoms with Crippen LogP contribution >= 0.6 is 12.4 Å². The number of hydrogen-bond donors (Lipinski definition) is 1. The van der Waals surface area contributed by atoms with Gasteiger partial charge in [-0.3, -0.25) is 0 Å². The molecule has 1 aliphatic rings. The zero-order chi connectivity index (χ0) is 6.20. The Balaban J connectivity index is 0.000000640. The molecule has 0 spiro atoms. The van der Waals surface area contributed by atoms with Gasteiger partial charge in [0.1, 0.15) is 0 Å². The molecule has 1 aliphatic heterocycles. The Kier molecular flexibility index (Phi) is 2.83. The van der Waals surface area contributed by atoms with E-state index in [0.717, 1.165) is 0 Å². The van der Waals surface area contributed by atoms with Gasteiger partial charge >= 0.3 is 0 Å². The quantitative estimate of drug-likeness (QED) is 0.561. The Bertz CT molecular complexity index is 97.0. The topological polar surface area (TPSA) is 12.0 Å². The Labute approximate surface area is 59.2 Å². The van der Waals surface area contributed by atoms with Gasteiger partial charge in [-0.15, -0.1) is 12.4 Å². The third kappa shape index (κ3) is 2.45. The lowest BCUT2D eigenvalue weighted by atomic mass is 10.2. The summed E-state index contributed by atoms with van der Waals surface area (Å²) in [6.45, 7) is 1.62. The van der Waals surface area contributed by atoms with Crippen molar-refractivity contribution in [3.63, 3.8) is 0 Å². The zero-order valence-electron chi connectivity index (χ0n) is 5.16. The molecule has 9 heavy (non-hydrogen) atoms. The van der Waals surface area contributed by atoms with Crippen molar-refractivity contribution in [3.05, 3.63) is 0 Å². The van der Waals surface area contributed by atoms with E-state index in [1.807, 2.05) is 0 Å². The summed E-state index contributed by atoms with van der Waals surface area (Å²) in [5.74, 6) is -2.45. The van der Waals surface area contributed by atoms with Crippen molar-refractivity contribution in [2.75, 3.05) is 6.54 Å². The highest BCUT2D eigenvalue weighted by Crippen LogP contribution is 2.24. The summed E-state index contributed by atoms with van der Waals surface area (Å²) in [6.07, 6.45) is -0.00694. The third-order valence-electron chi connectivity index (χ3n) is 1.31. The van der Waals surface area contributed by atoms with Gasteiger partial charge in [0.2, 0.25) is 0 Å². The smallest absolute Gasteiger partial charge is 0.261 e. The molecule has 1 unspecified atom stereocenters. The first kappa shape index (κ1) is 9.11. The van der Waals surface area contributed by atoms with Crippen molar-refractivity contribution >= 4 is 12.4 Å². The average molecular weight is 158 g/mol. The van der Waals surface area contributed by atoms with Crippen LogP contribution in [0.5, 0.6) is 0 Å². The molecule has 0 aromatic carbocycles. The van der Waals surface area contributed by atoms with Crippen molar-refractivity contribution in [3.8, 4) is 0 Å². The van der Waals surface area contributed by atoms with Crippen molar-refractivity contribution in [1.29, 1.82) is 0 Å². The van der Waals surface area contributed by atoms with Crippen molar-refractivity contribution < 1.29 is 8.78 Å². The molecule has 1 fully saturated rings. The number of hydrogen-bond acceptors (Lipinski definition) is 1. The predicted molar refractivity (Wildman–Crippen MR) is 34.3 cm³/mol. The van der Waals surface area contributed by atoms with E-state index in [4.69, 9.17) is 0 Å². The van der Waals surface area contributed by atoms with Gasteiger partial charge < -0.3 is 5.32 Å². The van der Waals surface area contributed by atoms with E-state index in [0.29, 0.717) is 0 Å². The second-order valence-electron chi connectivity index (χ2n) is 2.34. The highest BCUT2D eigenvalue weighted by Gasteiger charge is 2.36. The first-order chi connectivity index (χ1) is 3.60. The molecule has 0 saturated carbocycles. The van der Waals surface area contributed by atoms with E-state index in [1.54, 1.807) is 6.92 Å². The van der Waals surface area contributed by atoms with Crippen LogP contribution < -0.4 is 5.32 Å². The molecule has 0 radical (unpaired) electrons. The lowest BCUT2D eigenvalue weighted by Gasteiger charge is -2.03. The summed E-state index contributed by atoms with van der Waals surface area (Å²) in [7, 11) is 0. The fourth-order valence-corrected chi connectivity index (χ4v) is 0.916. The Hall–Kier alpha value is 0.110. The van der Waals surface area contributed by atoms with Gasteiger partial charge in [0.05, 0.1) is 6.54 Å². The standard InChI is InChI=1S/C5H9F2N.ClH/c1-4-2-5(6,7)3-8-4;/h4,8H,2-3H2,1H3;1H. The fraction of sp³-hybridized carbons (Fsp3) is 1.00. The summed E-state index contributed by atoms with van der Waals surface area (Å²) < 4.78 is 24.3. The Morgan fingerprint density at radius 2 is 2.11 bits per heavy atom. The van der Waals surface area contributed by atoms with Crippen LogP contribution in [0.3, 0.4) is 0 Å². The van der Waals surface area contributed by atoms with E-state index in [9.17, 15) is 8.78 Å². The van der Waals surface area contributed by atoms with Crippen LogP contribution in [0.4, 0.5) is 8.78 Å². The van der Waals surface area contributed by atoms with Crippen molar-refractivity contribution in [1.82, 2.24) is 5.32 Å². The van der Waals surface area contributed by atoms with Crippen LogP contribution in [0.25, 0.3) is 0 Å². The minimum absolute atomic E-state index is 0. The predicted octanol–water partition coefficient (Wildman–Crippen LogP) is 1.43. The number of alkyl halides is 2. The second-order valence-corrected chi connectivity index (χ2v) is 2.34. The summed E-state index contributed by atoms with van der Waals surface area (Å²) in [6, 6.07) is -0.00926.